The molecule has 0 aromatic heterocycles. The Morgan fingerprint density at radius 3 is 1.92 bits per heavy atom. The van der Waals surface area contributed by atoms with Crippen molar-refractivity contribution in [1.82, 2.24) is 5.32 Å². The Kier molecular flexibility index (Phi) is 5.57. The second-order valence-corrected chi connectivity index (χ2v) is 4.77. The highest BCUT2D eigenvalue weighted by Crippen LogP contribution is 2.13. The van der Waals surface area contributed by atoms with Crippen molar-refractivity contribution in [3.63, 3.8) is 0 Å². The Morgan fingerprint density at radius 1 is 1.15 bits per heavy atom. The number of aliphatic hydroxyl groups is 1. The van der Waals surface area contributed by atoms with E-state index in [0.29, 0.717) is 12.5 Å². The molecule has 0 aromatic rings. The molecule has 0 saturated carbocycles. The van der Waals surface area contributed by atoms with Gasteiger partial charge in [-0.05, 0) is 26.7 Å². The van der Waals surface area contributed by atoms with Crippen LogP contribution in [0.25, 0.3) is 0 Å². The maximum absolute atomic E-state index is 9.81. The van der Waals surface area contributed by atoms with Crippen LogP contribution in [0.2, 0.25) is 0 Å². The molecule has 0 aliphatic rings. The third-order valence-corrected chi connectivity index (χ3v) is 2.43. The lowest BCUT2D eigenvalue weighted by molar-refractivity contribution is 0.0945. The topological polar surface area (TPSA) is 32.3 Å². The third-order valence-electron chi connectivity index (χ3n) is 2.43. The quantitative estimate of drug-likeness (QED) is 0.691. The van der Waals surface area contributed by atoms with Crippen LogP contribution in [0.15, 0.2) is 0 Å². The summed E-state index contributed by atoms with van der Waals surface area (Å²) >= 11 is 0. The van der Waals surface area contributed by atoms with Crippen molar-refractivity contribution >= 4 is 0 Å². The molecule has 0 fully saturated rings. The van der Waals surface area contributed by atoms with Crippen LogP contribution >= 0.6 is 0 Å². The summed E-state index contributed by atoms with van der Waals surface area (Å²) in [4.78, 5) is 0. The largest absolute Gasteiger partial charge is 0.392 e. The van der Waals surface area contributed by atoms with Crippen LogP contribution in [-0.4, -0.2) is 23.3 Å². The van der Waals surface area contributed by atoms with E-state index in [1.807, 2.05) is 0 Å². The van der Waals surface area contributed by atoms with Crippen LogP contribution < -0.4 is 5.32 Å². The first-order chi connectivity index (χ1) is 5.90. The van der Waals surface area contributed by atoms with E-state index in [0.717, 1.165) is 12.8 Å². The van der Waals surface area contributed by atoms with Crippen LogP contribution in [0, 0.1) is 5.92 Å². The molecule has 2 N–H and O–H groups in total. The van der Waals surface area contributed by atoms with Gasteiger partial charge in [0.25, 0.3) is 0 Å². The molecule has 0 amide bonds. The van der Waals surface area contributed by atoms with Crippen molar-refractivity contribution in [1.29, 1.82) is 0 Å². The minimum Gasteiger partial charge on any atom is -0.392 e. The number of hydrogen-bond acceptors (Lipinski definition) is 2. The molecule has 0 spiro atoms. The zero-order valence-electron chi connectivity index (χ0n) is 9.72. The van der Waals surface area contributed by atoms with E-state index in [1.54, 1.807) is 0 Å². The van der Waals surface area contributed by atoms with E-state index < -0.39 is 0 Å². The van der Waals surface area contributed by atoms with Crippen LogP contribution in [0.4, 0.5) is 0 Å². The van der Waals surface area contributed by atoms with Gasteiger partial charge < -0.3 is 10.4 Å². The van der Waals surface area contributed by atoms with Gasteiger partial charge in [0.1, 0.15) is 0 Å². The summed E-state index contributed by atoms with van der Waals surface area (Å²) in [6.07, 6.45) is 1.92. The van der Waals surface area contributed by atoms with Crippen molar-refractivity contribution in [2.24, 2.45) is 5.92 Å². The molecule has 0 radical (unpaired) electrons. The highest BCUT2D eigenvalue weighted by molar-refractivity contribution is 4.75. The van der Waals surface area contributed by atoms with E-state index in [-0.39, 0.29) is 11.6 Å². The SMILES string of the molecule is CCC(CC)C(O)CNC(C)(C)C. The molecular formula is C11H25NO. The average Bonchev–Trinajstić information content (AvgIpc) is 2.02. The predicted molar refractivity (Wildman–Crippen MR) is 57.8 cm³/mol. The first-order valence-corrected chi connectivity index (χ1v) is 5.33. The molecule has 13 heavy (non-hydrogen) atoms. The number of nitrogens with one attached hydrogen (secondary N) is 1. The minimum absolute atomic E-state index is 0.104. The Balaban J connectivity index is 3.78. The van der Waals surface area contributed by atoms with Gasteiger partial charge in [-0.1, -0.05) is 26.7 Å². The summed E-state index contributed by atoms with van der Waals surface area (Å²) in [7, 11) is 0. The van der Waals surface area contributed by atoms with Crippen molar-refractivity contribution in [3.8, 4) is 0 Å². The van der Waals surface area contributed by atoms with Gasteiger partial charge in [-0.2, -0.15) is 0 Å². The third kappa shape index (κ3) is 6.05. The normalized spacial score (nSPS) is 15.0. The molecule has 2 nitrogen and oxygen atoms in total. The molecule has 0 bridgehead atoms. The second-order valence-electron chi connectivity index (χ2n) is 4.77. The van der Waals surface area contributed by atoms with Gasteiger partial charge in [0.2, 0.25) is 0 Å². The second kappa shape index (κ2) is 5.61. The summed E-state index contributed by atoms with van der Waals surface area (Å²) in [6, 6.07) is 0. The molecule has 0 heterocycles. The standard InChI is InChI=1S/C11H25NO/c1-6-9(7-2)10(13)8-12-11(3,4)5/h9-10,12-13H,6-8H2,1-5H3. The summed E-state index contributed by atoms with van der Waals surface area (Å²) in [5.74, 6) is 0.440. The van der Waals surface area contributed by atoms with Gasteiger partial charge in [0, 0.05) is 12.1 Å². The van der Waals surface area contributed by atoms with Gasteiger partial charge in [0.15, 0.2) is 0 Å². The predicted octanol–water partition coefficient (Wildman–Crippen LogP) is 2.17. The number of β-amino-alcohol motifs (C(OH)–C–C–N with tert-alkyl or cyclic N) is 1. The zero-order valence-corrected chi connectivity index (χ0v) is 9.72. The fourth-order valence-electron chi connectivity index (χ4n) is 1.41. The summed E-state index contributed by atoms with van der Waals surface area (Å²) in [5.41, 5.74) is 0.104. The van der Waals surface area contributed by atoms with E-state index in [1.165, 1.54) is 0 Å². The van der Waals surface area contributed by atoms with Crippen molar-refractivity contribution < 1.29 is 5.11 Å². The highest BCUT2D eigenvalue weighted by Gasteiger charge is 2.17. The van der Waals surface area contributed by atoms with Crippen molar-refractivity contribution in [2.45, 2.75) is 59.1 Å². The average molecular weight is 187 g/mol. The molecule has 0 aliphatic carbocycles. The summed E-state index contributed by atoms with van der Waals surface area (Å²) in [6.45, 7) is 11.3. The van der Waals surface area contributed by atoms with Crippen molar-refractivity contribution in [2.75, 3.05) is 6.54 Å². The number of hydrogen-bond donors (Lipinski definition) is 2. The van der Waals surface area contributed by atoms with E-state index in [4.69, 9.17) is 0 Å². The smallest absolute Gasteiger partial charge is 0.0692 e. The van der Waals surface area contributed by atoms with Crippen LogP contribution in [0.1, 0.15) is 47.5 Å². The monoisotopic (exact) mass is 187 g/mol. The van der Waals surface area contributed by atoms with Gasteiger partial charge in [-0.15, -0.1) is 0 Å². The molecule has 2 heteroatoms. The minimum atomic E-state index is -0.200. The van der Waals surface area contributed by atoms with Gasteiger partial charge >= 0.3 is 0 Å². The molecule has 1 unspecified atom stereocenters. The number of aliphatic hydroxyl groups excluding tert-OH is 1. The fourth-order valence-corrected chi connectivity index (χ4v) is 1.41. The van der Waals surface area contributed by atoms with Crippen LogP contribution in [0.5, 0.6) is 0 Å². The maximum atomic E-state index is 9.81. The molecule has 0 saturated heterocycles. The van der Waals surface area contributed by atoms with Crippen LogP contribution in [-0.2, 0) is 0 Å². The lowest BCUT2D eigenvalue weighted by Crippen LogP contribution is -2.42. The Morgan fingerprint density at radius 2 is 1.62 bits per heavy atom. The summed E-state index contributed by atoms with van der Waals surface area (Å²) in [5, 5.41) is 13.1. The Bertz CT molecular complexity index is 125. The van der Waals surface area contributed by atoms with Gasteiger partial charge in [-0.25, -0.2) is 0 Å². The van der Waals surface area contributed by atoms with E-state index in [9.17, 15) is 5.11 Å². The van der Waals surface area contributed by atoms with E-state index >= 15 is 0 Å². The fraction of sp³-hybridized carbons (Fsp3) is 1.00. The molecule has 0 rings (SSSR count). The van der Waals surface area contributed by atoms with Gasteiger partial charge in [0.05, 0.1) is 6.10 Å². The number of rotatable bonds is 5. The highest BCUT2D eigenvalue weighted by atomic mass is 16.3. The molecule has 1 atom stereocenters. The lowest BCUT2D eigenvalue weighted by Gasteiger charge is -2.26. The summed E-state index contributed by atoms with van der Waals surface area (Å²) < 4.78 is 0. The first-order valence-electron chi connectivity index (χ1n) is 5.33. The van der Waals surface area contributed by atoms with Crippen LogP contribution in [0.3, 0.4) is 0 Å². The zero-order chi connectivity index (χ0) is 10.5. The van der Waals surface area contributed by atoms with Gasteiger partial charge in [-0.3, -0.25) is 0 Å². The Labute approximate surface area is 82.7 Å². The maximum Gasteiger partial charge on any atom is 0.0692 e. The molecule has 80 valence electrons. The molecular weight excluding hydrogens is 162 g/mol. The van der Waals surface area contributed by atoms with E-state index in [2.05, 4.69) is 39.9 Å². The Hall–Kier alpha value is -0.0800. The molecule has 0 aliphatic heterocycles. The van der Waals surface area contributed by atoms with Crippen molar-refractivity contribution in [3.05, 3.63) is 0 Å². The molecule has 0 aromatic carbocycles. The lowest BCUT2D eigenvalue weighted by atomic mass is 9.96. The first kappa shape index (κ1) is 12.9.